The third kappa shape index (κ3) is 2.84. The van der Waals surface area contributed by atoms with Gasteiger partial charge in [-0.2, -0.15) is 0 Å². The van der Waals surface area contributed by atoms with E-state index in [-0.39, 0.29) is 11.4 Å². The van der Waals surface area contributed by atoms with Gasteiger partial charge in [-0.15, -0.1) is 0 Å². The van der Waals surface area contributed by atoms with Crippen molar-refractivity contribution >= 4 is 5.97 Å². The molecular weight excluding hydrogens is 262 g/mol. The van der Waals surface area contributed by atoms with Gasteiger partial charge in [0.15, 0.2) is 0 Å². The number of ether oxygens (including phenoxy) is 1. The van der Waals surface area contributed by atoms with Crippen LogP contribution in [0.15, 0.2) is 30.3 Å². The second kappa shape index (κ2) is 5.80. The molecule has 0 amide bonds. The highest BCUT2D eigenvalue weighted by molar-refractivity contribution is 5.77. The highest BCUT2D eigenvalue weighted by Crippen LogP contribution is 2.44. The Kier molecular flexibility index (Phi) is 4.03. The molecule has 3 saturated heterocycles. The zero-order valence-corrected chi connectivity index (χ0v) is 13.0. The summed E-state index contributed by atoms with van der Waals surface area (Å²) in [6.07, 6.45) is 4.16. The number of fused-ring (bicyclic) bond motifs is 4. The van der Waals surface area contributed by atoms with Crippen LogP contribution in [-0.2, 0) is 16.1 Å². The van der Waals surface area contributed by atoms with Crippen molar-refractivity contribution in [3.63, 3.8) is 0 Å². The van der Waals surface area contributed by atoms with Gasteiger partial charge in [0, 0.05) is 18.4 Å². The maximum absolute atomic E-state index is 12.4. The molecule has 0 atom stereocenters. The lowest BCUT2D eigenvalue weighted by atomic mass is 9.76. The number of nitrogens with zero attached hydrogens (tertiary/aromatic N) is 1. The summed E-state index contributed by atoms with van der Waals surface area (Å²) in [4.78, 5) is 12.4. The normalized spacial score (nSPS) is 31.7. The fraction of sp³-hybridized carbons (Fsp3) is 0.611. The van der Waals surface area contributed by atoms with Crippen LogP contribution in [-0.4, -0.2) is 36.7 Å². The predicted octanol–water partition coefficient (Wildman–Crippen LogP) is 3.14. The maximum Gasteiger partial charge on any atom is 0.312 e. The zero-order valence-electron chi connectivity index (χ0n) is 13.0. The molecule has 0 aromatic heterocycles. The average molecular weight is 288 g/mol. The Morgan fingerprint density at radius 1 is 1.14 bits per heavy atom. The van der Waals surface area contributed by atoms with Crippen molar-refractivity contribution in [1.29, 1.82) is 0 Å². The quantitative estimate of drug-likeness (QED) is 0.628. The van der Waals surface area contributed by atoms with Crippen LogP contribution in [0, 0.1) is 5.41 Å². The molecule has 0 radical (unpaired) electrons. The van der Waals surface area contributed by atoms with E-state index in [4.69, 9.17) is 4.74 Å². The van der Waals surface area contributed by atoms with E-state index in [9.17, 15) is 4.79 Å². The number of benzene rings is 1. The molecule has 114 valence electrons. The number of carbonyl (C=O) groups is 1. The number of carbonyl (C=O) groups excluding carboxylic acids is 1. The van der Waals surface area contributed by atoms with Gasteiger partial charge in [0.2, 0.25) is 0 Å². The molecule has 3 fully saturated rings. The Bertz CT molecular complexity index is 489. The Morgan fingerprint density at radius 2 is 1.86 bits per heavy atom. The summed E-state index contributed by atoms with van der Waals surface area (Å²) >= 11 is 0. The largest absolute Gasteiger partial charge is 0.466 e. The summed E-state index contributed by atoms with van der Waals surface area (Å²) in [6, 6.07) is 10.8. The number of quaternary nitrogens is 1. The summed E-state index contributed by atoms with van der Waals surface area (Å²) in [5.74, 6) is 0.0596. The molecule has 0 aliphatic carbocycles. The van der Waals surface area contributed by atoms with E-state index in [1.165, 1.54) is 12.1 Å². The van der Waals surface area contributed by atoms with E-state index in [2.05, 4.69) is 30.3 Å². The van der Waals surface area contributed by atoms with Crippen LogP contribution in [0.2, 0.25) is 0 Å². The summed E-state index contributed by atoms with van der Waals surface area (Å²) in [5.41, 5.74) is 1.24. The van der Waals surface area contributed by atoms with Crippen LogP contribution in [0.25, 0.3) is 0 Å². The van der Waals surface area contributed by atoms with Gasteiger partial charge in [0.05, 0.1) is 31.7 Å². The van der Waals surface area contributed by atoms with Crippen LogP contribution in [0.1, 0.15) is 38.2 Å². The fourth-order valence-electron chi connectivity index (χ4n) is 4.16. The minimum Gasteiger partial charge on any atom is -0.466 e. The molecule has 1 aromatic rings. The summed E-state index contributed by atoms with van der Waals surface area (Å²) < 4.78 is 6.52. The molecule has 0 spiro atoms. The van der Waals surface area contributed by atoms with Crippen LogP contribution >= 0.6 is 0 Å². The van der Waals surface area contributed by atoms with Gasteiger partial charge in [-0.05, 0) is 19.8 Å². The van der Waals surface area contributed by atoms with E-state index in [1.54, 1.807) is 0 Å². The smallest absolute Gasteiger partial charge is 0.312 e. The van der Waals surface area contributed by atoms with E-state index in [0.717, 1.165) is 49.8 Å². The third-order valence-corrected chi connectivity index (χ3v) is 5.49. The Hall–Kier alpha value is -1.35. The second-order valence-electron chi connectivity index (χ2n) is 6.76. The Morgan fingerprint density at radius 3 is 2.52 bits per heavy atom. The van der Waals surface area contributed by atoms with Gasteiger partial charge in [0.1, 0.15) is 6.54 Å². The molecule has 0 saturated carbocycles. The number of piperidine rings is 1. The number of esters is 1. The van der Waals surface area contributed by atoms with Crippen LogP contribution in [0.4, 0.5) is 0 Å². The first kappa shape index (κ1) is 14.6. The molecule has 0 N–H and O–H groups in total. The van der Waals surface area contributed by atoms with Crippen molar-refractivity contribution in [2.24, 2.45) is 5.41 Å². The van der Waals surface area contributed by atoms with Crippen molar-refractivity contribution in [1.82, 2.24) is 0 Å². The first-order chi connectivity index (χ1) is 10.2. The van der Waals surface area contributed by atoms with Gasteiger partial charge in [0.25, 0.3) is 0 Å². The summed E-state index contributed by atoms with van der Waals surface area (Å²) in [7, 11) is 0. The number of hydrogen-bond acceptors (Lipinski definition) is 2. The average Bonchev–Trinajstić information content (AvgIpc) is 2.80. The van der Waals surface area contributed by atoms with Crippen LogP contribution < -0.4 is 0 Å². The highest BCUT2D eigenvalue weighted by Gasteiger charge is 2.50. The fourth-order valence-corrected chi connectivity index (χ4v) is 4.16. The number of rotatable bonds is 4. The van der Waals surface area contributed by atoms with Gasteiger partial charge >= 0.3 is 5.97 Å². The summed E-state index contributed by atoms with van der Waals surface area (Å²) in [5, 5.41) is 0. The molecule has 0 unspecified atom stereocenters. The zero-order chi connectivity index (χ0) is 14.8. The molecule has 4 rings (SSSR count). The lowest BCUT2D eigenvalue weighted by Crippen LogP contribution is -2.54. The molecule has 3 aliphatic rings. The topological polar surface area (TPSA) is 26.3 Å². The second-order valence-corrected chi connectivity index (χ2v) is 6.76. The van der Waals surface area contributed by atoms with E-state index in [0.29, 0.717) is 6.61 Å². The number of hydrogen-bond donors (Lipinski definition) is 0. The molecular formula is C18H26NO2+. The van der Waals surface area contributed by atoms with Gasteiger partial charge in [-0.1, -0.05) is 30.3 Å². The molecule has 3 heteroatoms. The highest BCUT2D eigenvalue weighted by atomic mass is 16.5. The monoisotopic (exact) mass is 288 g/mol. The Labute approximate surface area is 127 Å². The molecule has 2 bridgehead atoms. The standard InChI is InChI=1S/C18H26NO2/c1-2-21-17(20)18-9-6-12-19(13-10-18,14-11-18)15-16-7-4-3-5-8-16/h3-5,7-8H,2,6,9-15H2,1H3/q+1. The van der Waals surface area contributed by atoms with E-state index < -0.39 is 0 Å². The van der Waals surface area contributed by atoms with Gasteiger partial charge < -0.3 is 9.22 Å². The van der Waals surface area contributed by atoms with Crippen molar-refractivity contribution in [2.75, 3.05) is 26.2 Å². The minimum atomic E-state index is -0.176. The van der Waals surface area contributed by atoms with Crippen LogP contribution in [0.3, 0.4) is 0 Å². The first-order valence-corrected chi connectivity index (χ1v) is 8.24. The molecule has 1 aromatic carbocycles. The third-order valence-electron chi connectivity index (χ3n) is 5.49. The van der Waals surface area contributed by atoms with E-state index >= 15 is 0 Å². The summed E-state index contributed by atoms with van der Waals surface area (Å²) in [6.45, 7) is 6.96. The van der Waals surface area contributed by atoms with Crippen molar-refractivity contribution in [3.05, 3.63) is 35.9 Å². The van der Waals surface area contributed by atoms with E-state index in [1.807, 2.05) is 6.92 Å². The molecule has 3 heterocycles. The minimum absolute atomic E-state index is 0.0596. The molecule has 3 nitrogen and oxygen atoms in total. The molecule has 21 heavy (non-hydrogen) atoms. The van der Waals surface area contributed by atoms with Gasteiger partial charge in [-0.25, -0.2) is 0 Å². The van der Waals surface area contributed by atoms with Gasteiger partial charge in [-0.3, -0.25) is 4.79 Å². The Balaban J connectivity index is 1.74. The van der Waals surface area contributed by atoms with Crippen molar-refractivity contribution in [2.45, 2.75) is 39.2 Å². The lowest BCUT2D eigenvalue weighted by molar-refractivity contribution is -0.944. The van der Waals surface area contributed by atoms with Crippen molar-refractivity contribution in [3.8, 4) is 0 Å². The predicted molar refractivity (Wildman–Crippen MR) is 82.5 cm³/mol. The maximum atomic E-state index is 12.4. The lowest BCUT2D eigenvalue weighted by Gasteiger charge is -2.44. The first-order valence-electron chi connectivity index (χ1n) is 8.24. The van der Waals surface area contributed by atoms with Crippen LogP contribution in [0.5, 0.6) is 0 Å². The molecule has 3 aliphatic heterocycles. The SMILES string of the molecule is CCOC(=O)C12CCC[N+](Cc3ccccc3)(CC1)CC2. The van der Waals surface area contributed by atoms with Crippen molar-refractivity contribution < 1.29 is 14.0 Å².